The van der Waals surface area contributed by atoms with E-state index >= 15 is 0 Å². The molecule has 0 aliphatic carbocycles. The third kappa shape index (κ3) is 4.63. The highest BCUT2D eigenvalue weighted by molar-refractivity contribution is 7.19. The van der Waals surface area contributed by atoms with Gasteiger partial charge in [0.05, 0.1) is 17.1 Å². The number of carbonyl (C=O) groups is 2. The number of benzene rings is 3. The lowest BCUT2D eigenvalue weighted by Gasteiger charge is -2.13. The van der Waals surface area contributed by atoms with E-state index in [9.17, 15) is 9.59 Å². The van der Waals surface area contributed by atoms with Crippen molar-refractivity contribution >= 4 is 34.2 Å². The summed E-state index contributed by atoms with van der Waals surface area (Å²) >= 11 is 1.46. The number of hydrogen-bond donors (Lipinski definition) is 1. The lowest BCUT2D eigenvalue weighted by atomic mass is 10.1. The molecule has 7 heteroatoms. The van der Waals surface area contributed by atoms with Crippen molar-refractivity contribution in [1.29, 1.82) is 0 Å². The first-order valence-corrected chi connectivity index (χ1v) is 11.4. The molecule has 33 heavy (non-hydrogen) atoms. The largest absolute Gasteiger partial charge is 0.447 e. The topological polar surface area (TPSA) is 71.5 Å². The van der Waals surface area contributed by atoms with Crippen LogP contribution in [-0.2, 0) is 11.2 Å². The van der Waals surface area contributed by atoms with E-state index < -0.39 is 6.09 Å². The van der Waals surface area contributed by atoms with Gasteiger partial charge >= 0.3 is 6.09 Å². The fourth-order valence-corrected chi connectivity index (χ4v) is 4.72. The molecule has 1 aliphatic rings. The molecule has 1 fully saturated rings. The summed E-state index contributed by atoms with van der Waals surface area (Å²) in [5.74, 6) is -0.274. The van der Waals surface area contributed by atoms with Crippen molar-refractivity contribution < 1.29 is 14.3 Å². The number of nitrogens with one attached hydrogen (secondary N) is 1. The van der Waals surface area contributed by atoms with Gasteiger partial charge < -0.3 is 4.74 Å². The van der Waals surface area contributed by atoms with E-state index in [0.717, 1.165) is 21.7 Å². The van der Waals surface area contributed by atoms with Gasteiger partial charge in [0.1, 0.15) is 6.61 Å². The Morgan fingerprint density at radius 3 is 2.48 bits per heavy atom. The number of thiazole rings is 1. The van der Waals surface area contributed by atoms with Crippen molar-refractivity contribution in [2.45, 2.75) is 6.42 Å². The van der Waals surface area contributed by atoms with Crippen molar-refractivity contribution in [3.8, 4) is 10.4 Å². The van der Waals surface area contributed by atoms with Gasteiger partial charge in [-0.2, -0.15) is 0 Å². The number of anilines is 2. The molecule has 2 amide bonds. The number of hydrogen-bond acceptors (Lipinski definition) is 5. The summed E-state index contributed by atoms with van der Waals surface area (Å²) in [5, 5.41) is 3.48. The van der Waals surface area contributed by atoms with Gasteiger partial charge in [0, 0.05) is 17.7 Å². The SMILES string of the molecule is O=C(Nc1nc(Cc2ccccc2)c(-c2ccccc2)s1)c1cccc(N2CCOC2=O)c1. The minimum atomic E-state index is -0.398. The predicted molar refractivity (Wildman–Crippen MR) is 130 cm³/mol. The highest BCUT2D eigenvalue weighted by Gasteiger charge is 2.24. The van der Waals surface area contributed by atoms with Gasteiger partial charge in [-0.3, -0.25) is 15.0 Å². The number of cyclic esters (lactones) is 1. The second-order valence-electron chi connectivity index (χ2n) is 7.59. The molecule has 0 saturated carbocycles. The quantitative estimate of drug-likeness (QED) is 0.410. The fourth-order valence-electron chi connectivity index (χ4n) is 3.74. The Morgan fingerprint density at radius 2 is 1.76 bits per heavy atom. The molecule has 0 radical (unpaired) electrons. The third-order valence-electron chi connectivity index (χ3n) is 5.35. The highest BCUT2D eigenvalue weighted by Crippen LogP contribution is 2.34. The van der Waals surface area contributed by atoms with Crippen LogP contribution in [0.3, 0.4) is 0 Å². The van der Waals surface area contributed by atoms with Crippen LogP contribution >= 0.6 is 11.3 Å². The number of ether oxygens (including phenoxy) is 1. The van der Waals surface area contributed by atoms with Crippen LogP contribution in [0.25, 0.3) is 10.4 Å². The molecule has 0 unspecified atom stereocenters. The lowest BCUT2D eigenvalue weighted by Crippen LogP contribution is -2.23. The van der Waals surface area contributed by atoms with Crippen LogP contribution in [0.1, 0.15) is 21.6 Å². The fraction of sp³-hybridized carbons (Fsp3) is 0.115. The standard InChI is InChI=1S/C26H21N3O3S/c30-24(20-12-7-13-21(17-20)29-14-15-32-26(29)31)28-25-27-22(16-18-8-3-1-4-9-18)23(33-25)19-10-5-2-6-11-19/h1-13,17H,14-16H2,(H,27,28,30). The van der Waals surface area contributed by atoms with Gasteiger partial charge in [-0.15, -0.1) is 0 Å². The minimum absolute atomic E-state index is 0.274. The Labute approximate surface area is 195 Å². The molecule has 5 rings (SSSR count). The highest BCUT2D eigenvalue weighted by atomic mass is 32.1. The molecular weight excluding hydrogens is 434 g/mol. The van der Waals surface area contributed by atoms with Gasteiger partial charge in [-0.1, -0.05) is 78.1 Å². The first-order valence-electron chi connectivity index (χ1n) is 10.6. The zero-order valence-corrected chi connectivity index (χ0v) is 18.5. The van der Waals surface area contributed by atoms with E-state index in [2.05, 4.69) is 17.4 Å². The molecule has 0 bridgehead atoms. The van der Waals surface area contributed by atoms with Crippen LogP contribution in [0.4, 0.5) is 15.6 Å². The maximum atomic E-state index is 13.0. The number of amides is 2. The monoisotopic (exact) mass is 455 g/mol. The van der Waals surface area contributed by atoms with Crippen molar-refractivity contribution in [2.75, 3.05) is 23.4 Å². The number of nitrogens with zero attached hydrogens (tertiary/aromatic N) is 2. The molecule has 1 aliphatic heterocycles. The number of rotatable bonds is 6. The predicted octanol–water partition coefficient (Wildman–Crippen LogP) is 5.61. The summed E-state index contributed by atoms with van der Waals surface area (Å²) in [6, 6.07) is 27.2. The summed E-state index contributed by atoms with van der Waals surface area (Å²) in [6.07, 6.45) is 0.273. The molecule has 6 nitrogen and oxygen atoms in total. The maximum absolute atomic E-state index is 13.0. The molecule has 2 heterocycles. The molecular formula is C26H21N3O3S. The van der Waals surface area contributed by atoms with Gasteiger partial charge in [-0.05, 0) is 29.3 Å². The zero-order chi connectivity index (χ0) is 22.6. The van der Waals surface area contributed by atoms with Crippen molar-refractivity contribution in [1.82, 2.24) is 4.98 Å². The number of carbonyl (C=O) groups excluding carboxylic acids is 2. The van der Waals surface area contributed by atoms with Crippen molar-refractivity contribution in [3.05, 3.63) is 102 Å². The molecule has 3 aromatic carbocycles. The van der Waals surface area contributed by atoms with Crippen molar-refractivity contribution in [2.24, 2.45) is 0 Å². The molecule has 1 saturated heterocycles. The Hall–Kier alpha value is -3.97. The van der Waals surface area contributed by atoms with E-state index in [-0.39, 0.29) is 5.91 Å². The van der Waals surface area contributed by atoms with Gasteiger partial charge in [0.15, 0.2) is 5.13 Å². The third-order valence-corrected chi connectivity index (χ3v) is 6.41. The molecule has 0 atom stereocenters. The average molecular weight is 456 g/mol. The van der Waals surface area contributed by atoms with Gasteiger partial charge in [-0.25, -0.2) is 9.78 Å². The van der Waals surface area contributed by atoms with E-state index in [1.165, 1.54) is 16.2 Å². The lowest BCUT2D eigenvalue weighted by molar-refractivity contribution is 0.102. The average Bonchev–Trinajstić information content (AvgIpc) is 3.46. The Bertz CT molecular complexity index is 1290. The smallest absolute Gasteiger partial charge is 0.414 e. The van der Waals surface area contributed by atoms with Crippen LogP contribution in [0.5, 0.6) is 0 Å². The Morgan fingerprint density at radius 1 is 1.00 bits per heavy atom. The summed E-state index contributed by atoms with van der Waals surface area (Å²) in [4.78, 5) is 32.2. The summed E-state index contributed by atoms with van der Waals surface area (Å²) in [7, 11) is 0. The summed E-state index contributed by atoms with van der Waals surface area (Å²) in [5.41, 5.74) is 4.23. The van der Waals surface area contributed by atoms with Gasteiger partial charge in [0.2, 0.25) is 0 Å². The van der Waals surface area contributed by atoms with Crippen molar-refractivity contribution in [3.63, 3.8) is 0 Å². The second-order valence-corrected chi connectivity index (χ2v) is 8.59. The van der Waals surface area contributed by atoms with Crippen LogP contribution < -0.4 is 10.2 Å². The first-order chi connectivity index (χ1) is 16.2. The first kappa shape index (κ1) is 20.9. The maximum Gasteiger partial charge on any atom is 0.414 e. The van der Waals surface area contributed by atoms with E-state index in [0.29, 0.717) is 36.0 Å². The van der Waals surface area contributed by atoms with Crippen LogP contribution in [-0.4, -0.2) is 30.1 Å². The molecule has 4 aromatic rings. The van der Waals surface area contributed by atoms with Crippen LogP contribution in [0, 0.1) is 0 Å². The Balaban J connectivity index is 1.41. The van der Waals surface area contributed by atoms with Crippen LogP contribution in [0.15, 0.2) is 84.9 Å². The van der Waals surface area contributed by atoms with E-state index in [4.69, 9.17) is 9.72 Å². The Kier molecular flexibility index (Phi) is 5.87. The normalized spacial score (nSPS) is 13.1. The van der Waals surface area contributed by atoms with E-state index in [1.54, 1.807) is 24.3 Å². The van der Waals surface area contributed by atoms with E-state index in [1.807, 2.05) is 48.5 Å². The minimum Gasteiger partial charge on any atom is -0.447 e. The van der Waals surface area contributed by atoms with Gasteiger partial charge in [0.25, 0.3) is 5.91 Å². The molecule has 1 N–H and O–H groups in total. The van der Waals surface area contributed by atoms with Crippen LogP contribution in [0.2, 0.25) is 0 Å². The molecule has 0 spiro atoms. The number of aromatic nitrogens is 1. The summed E-state index contributed by atoms with van der Waals surface area (Å²) in [6.45, 7) is 0.820. The molecule has 164 valence electrons. The molecule has 1 aromatic heterocycles. The summed E-state index contributed by atoms with van der Waals surface area (Å²) < 4.78 is 5.00. The zero-order valence-electron chi connectivity index (χ0n) is 17.7. The second kappa shape index (κ2) is 9.26.